The molecule has 1 saturated carbocycles. The molecule has 0 unspecified atom stereocenters. The molecule has 0 saturated heterocycles. The molecule has 0 radical (unpaired) electrons. The molecule has 2 N–H and O–H groups in total. The van der Waals surface area contributed by atoms with E-state index in [0.29, 0.717) is 34.9 Å². The van der Waals surface area contributed by atoms with Crippen molar-refractivity contribution in [2.24, 2.45) is 0 Å². The molecule has 1 aromatic carbocycles. The Kier molecular flexibility index (Phi) is 5.78. The second kappa shape index (κ2) is 8.81. The first kappa shape index (κ1) is 19.7. The number of benzene rings is 1. The lowest BCUT2D eigenvalue weighted by Crippen LogP contribution is -2.23. The van der Waals surface area contributed by atoms with E-state index in [-0.39, 0.29) is 0 Å². The molecular formula is C21H21FN6O2. The van der Waals surface area contributed by atoms with E-state index in [1.54, 1.807) is 12.3 Å². The van der Waals surface area contributed by atoms with Gasteiger partial charge in [-0.2, -0.15) is 9.37 Å². The van der Waals surface area contributed by atoms with Crippen LogP contribution in [0.3, 0.4) is 0 Å². The summed E-state index contributed by atoms with van der Waals surface area (Å²) in [6.07, 6.45) is 7.38. The fraction of sp³-hybridized carbons (Fsp3) is 0.286. The highest BCUT2D eigenvalue weighted by Crippen LogP contribution is 2.27. The standard InChI is InChI=1S/C21H21FN6O2/c22-16-10-9-15(12-19(16)28(29)30)24-20-13-18(17-8-4-5-11-23-17)26-21(27-20)25-14-6-2-1-3-7-14/h4-5,8-14H,1-3,6-7H2,(H2,24,25,26,27). The van der Waals surface area contributed by atoms with Crippen LogP contribution in [-0.2, 0) is 0 Å². The lowest BCUT2D eigenvalue weighted by Gasteiger charge is -2.23. The zero-order valence-electron chi connectivity index (χ0n) is 16.2. The summed E-state index contributed by atoms with van der Waals surface area (Å²) in [7, 11) is 0. The van der Waals surface area contributed by atoms with Gasteiger partial charge in [0.2, 0.25) is 11.8 Å². The van der Waals surface area contributed by atoms with Crippen LogP contribution >= 0.6 is 0 Å². The smallest absolute Gasteiger partial charge is 0.306 e. The Morgan fingerprint density at radius 3 is 2.60 bits per heavy atom. The Morgan fingerprint density at radius 2 is 1.87 bits per heavy atom. The first-order chi connectivity index (χ1) is 14.6. The van der Waals surface area contributed by atoms with Crippen molar-refractivity contribution in [1.29, 1.82) is 0 Å². The van der Waals surface area contributed by atoms with Gasteiger partial charge in [-0.3, -0.25) is 15.1 Å². The average molecular weight is 408 g/mol. The van der Waals surface area contributed by atoms with E-state index in [1.165, 1.54) is 25.3 Å². The number of rotatable bonds is 6. The topological polar surface area (TPSA) is 106 Å². The van der Waals surface area contributed by atoms with Crippen LogP contribution in [0, 0.1) is 15.9 Å². The van der Waals surface area contributed by atoms with Crippen LogP contribution in [0.2, 0.25) is 0 Å². The molecule has 0 aliphatic heterocycles. The minimum atomic E-state index is -0.887. The number of hydrogen-bond acceptors (Lipinski definition) is 7. The minimum absolute atomic E-state index is 0.303. The normalized spacial score (nSPS) is 14.3. The molecule has 0 bridgehead atoms. The molecule has 1 aliphatic carbocycles. The third-order valence-corrected chi connectivity index (χ3v) is 5.01. The molecule has 9 heteroatoms. The SMILES string of the molecule is O=[N+]([O-])c1cc(Nc2cc(-c3ccccn3)nc(NC3CCCCC3)n2)ccc1F. The Morgan fingerprint density at radius 1 is 1.03 bits per heavy atom. The van der Waals surface area contributed by atoms with Gasteiger partial charge >= 0.3 is 5.69 Å². The lowest BCUT2D eigenvalue weighted by molar-refractivity contribution is -0.387. The van der Waals surface area contributed by atoms with Crippen molar-refractivity contribution in [2.45, 2.75) is 38.1 Å². The Balaban J connectivity index is 1.66. The predicted molar refractivity (Wildman–Crippen MR) is 112 cm³/mol. The molecule has 1 fully saturated rings. The Labute approximate surface area is 172 Å². The van der Waals surface area contributed by atoms with Gasteiger partial charge in [-0.05, 0) is 37.1 Å². The van der Waals surface area contributed by atoms with Crippen molar-refractivity contribution in [3.05, 3.63) is 64.6 Å². The summed E-state index contributed by atoms with van der Waals surface area (Å²) in [5.41, 5.74) is 1.06. The van der Waals surface area contributed by atoms with E-state index in [4.69, 9.17) is 0 Å². The number of nitro benzene ring substituents is 1. The van der Waals surface area contributed by atoms with Crippen LogP contribution in [0.1, 0.15) is 32.1 Å². The fourth-order valence-corrected chi connectivity index (χ4v) is 3.53. The number of nitrogens with zero attached hydrogens (tertiary/aromatic N) is 4. The highest BCUT2D eigenvalue weighted by molar-refractivity contribution is 5.66. The molecule has 0 spiro atoms. The van der Waals surface area contributed by atoms with E-state index in [1.807, 2.05) is 18.2 Å². The van der Waals surface area contributed by atoms with E-state index >= 15 is 0 Å². The van der Waals surface area contributed by atoms with Crippen molar-refractivity contribution < 1.29 is 9.31 Å². The molecule has 8 nitrogen and oxygen atoms in total. The molecule has 2 aromatic heterocycles. The van der Waals surface area contributed by atoms with Gasteiger partial charge in [0.05, 0.1) is 16.3 Å². The first-order valence-corrected chi connectivity index (χ1v) is 9.86. The van der Waals surface area contributed by atoms with Gasteiger partial charge in [-0.25, -0.2) is 4.98 Å². The summed E-state index contributed by atoms with van der Waals surface area (Å²) >= 11 is 0. The summed E-state index contributed by atoms with van der Waals surface area (Å²) in [4.78, 5) is 23.8. The van der Waals surface area contributed by atoms with Crippen molar-refractivity contribution in [3.63, 3.8) is 0 Å². The molecule has 30 heavy (non-hydrogen) atoms. The van der Waals surface area contributed by atoms with Crippen LogP contribution in [0.4, 0.5) is 27.5 Å². The van der Waals surface area contributed by atoms with Gasteiger partial charge in [0, 0.05) is 30.1 Å². The average Bonchev–Trinajstić information content (AvgIpc) is 2.76. The van der Waals surface area contributed by atoms with E-state index in [9.17, 15) is 14.5 Å². The third kappa shape index (κ3) is 4.68. The number of halogens is 1. The van der Waals surface area contributed by atoms with Gasteiger partial charge in [0.25, 0.3) is 0 Å². The second-order valence-corrected chi connectivity index (χ2v) is 7.20. The lowest BCUT2D eigenvalue weighted by atomic mass is 9.96. The first-order valence-electron chi connectivity index (χ1n) is 9.86. The fourth-order valence-electron chi connectivity index (χ4n) is 3.53. The molecule has 2 heterocycles. The van der Waals surface area contributed by atoms with Crippen LogP contribution in [0.15, 0.2) is 48.7 Å². The maximum atomic E-state index is 13.7. The summed E-state index contributed by atoms with van der Waals surface area (Å²) in [5, 5.41) is 17.5. The Bertz CT molecular complexity index is 1040. The quantitative estimate of drug-likeness (QED) is 0.433. The van der Waals surface area contributed by atoms with Crippen molar-refractivity contribution in [3.8, 4) is 11.4 Å². The van der Waals surface area contributed by atoms with Crippen LogP contribution in [0.25, 0.3) is 11.4 Å². The highest BCUT2D eigenvalue weighted by atomic mass is 19.1. The van der Waals surface area contributed by atoms with Crippen molar-refractivity contribution >= 4 is 23.1 Å². The van der Waals surface area contributed by atoms with Crippen LogP contribution in [-0.4, -0.2) is 25.9 Å². The number of nitrogens with one attached hydrogen (secondary N) is 2. The summed E-state index contributed by atoms with van der Waals surface area (Å²) in [5.74, 6) is 0.0103. The number of pyridine rings is 1. The van der Waals surface area contributed by atoms with Gasteiger partial charge in [0.15, 0.2) is 0 Å². The Hall–Kier alpha value is -3.62. The minimum Gasteiger partial charge on any atom is -0.351 e. The molecule has 154 valence electrons. The van der Waals surface area contributed by atoms with Crippen LogP contribution < -0.4 is 10.6 Å². The summed E-state index contributed by atoms with van der Waals surface area (Å²) in [6.45, 7) is 0. The highest BCUT2D eigenvalue weighted by Gasteiger charge is 2.17. The molecule has 0 atom stereocenters. The van der Waals surface area contributed by atoms with Gasteiger partial charge in [-0.15, -0.1) is 0 Å². The van der Waals surface area contributed by atoms with E-state index in [2.05, 4.69) is 25.6 Å². The number of aromatic nitrogens is 3. The zero-order valence-corrected chi connectivity index (χ0v) is 16.2. The maximum Gasteiger partial charge on any atom is 0.306 e. The summed E-state index contributed by atoms with van der Waals surface area (Å²) in [6, 6.07) is 11.2. The largest absolute Gasteiger partial charge is 0.351 e. The predicted octanol–water partition coefficient (Wildman–Crippen LogP) is 5.07. The molecule has 0 amide bonds. The molecular weight excluding hydrogens is 387 g/mol. The monoisotopic (exact) mass is 408 g/mol. The van der Waals surface area contributed by atoms with E-state index < -0.39 is 16.4 Å². The second-order valence-electron chi connectivity index (χ2n) is 7.20. The van der Waals surface area contributed by atoms with Crippen molar-refractivity contribution in [2.75, 3.05) is 10.6 Å². The van der Waals surface area contributed by atoms with Crippen LogP contribution in [0.5, 0.6) is 0 Å². The molecule has 3 aromatic rings. The maximum absolute atomic E-state index is 13.7. The van der Waals surface area contributed by atoms with Gasteiger partial charge in [-0.1, -0.05) is 25.3 Å². The van der Waals surface area contributed by atoms with Crippen molar-refractivity contribution in [1.82, 2.24) is 15.0 Å². The number of hydrogen-bond donors (Lipinski definition) is 2. The van der Waals surface area contributed by atoms with Gasteiger partial charge in [0.1, 0.15) is 5.82 Å². The molecule has 1 aliphatic rings. The summed E-state index contributed by atoms with van der Waals surface area (Å²) < 4.78 is 13.7. The third-order valence-electron chi connectivity index (χ3n) is 5.01. The molecule has 4 rings (SSSR count). The zero-order chi connectivity index (χ0) is 20.9. The number of nitro groups is 1. The number of anilines is 3. The van der Waals surface area contributed by atoms with E-state index in [0.717, 1.165) is 25.0 Å². The van der Waals surface area contributed by atoms with Gasteiger partial charge < -0.3 is 10.6 Å².